The summed E-state index contributed by atoms with van der Waals surface area (Å²) in [5, 5.41) is 3.58. The average molecular weight is 284 g/mol. The second-order valence-corrected chi connectivity index (χ2v) is 7.75. The largest absolute Gasteiger partial charge is 0.368 e. The number of carbonyl (C=O) groups is 1. The summed E-state index contributed by atoms with van der Waals surface area (Å²) in [6, 6.07) is 0.552. The normalized spacial score (nSPS) is 31.0. The summed E-state index contributed by atoms with van der Waals surface area (Å²) in [6.45, 7) is 4.51. The maximum absolute atomic E-state index is 12.0. The number of hydrogen-bond donors (Lipinski definition) is 2. The summed E-state index contributed by atoms with van der Waals surface area (Å²) in [4.78, 5) is 12.0. The predicted octanol–water partition coefficient (Wildman–Crippen LogP) is 2.54. The highest BCUT2D eigenvalue weighted by atomic mass is 32.2. The molecule has 2 aliphatic carbocycles. The molecule has 0 heterocycles. The van der Waals surface area contributed by atoms with E-state index in [2.05, 4.69) is 19.2 Å². The Bertz CT molecular complexity index is 317. The molecule has 0 spiro atoms. The summed E-state index contributed by atoms with van der Waals surface area (Å²) >= 11 is 2.02. The van der Waals surface area contributed by atoms with Crippen molar-refractivity contribution in [1.82, 2.24) is 5.32 Å². The van der Waals surface area contributed by atoms with Gasteiger partial charge in [-0.2, -0.15) is 11.8 Å². The number of nitrogens with one attached hydrogen (secondary N) is 1. The van der Waals surface area contributed by atoms with Crippen molar-refractivity contribution in [2.75, 3.05) is 11.5 Å². The van der Waals surface area contributed by atoms with Gasteiger partial charge in [0.2, 0.25) is 5.91 Å². The van der Waals surface area contributed by atoms with E-state index in [0.717, 1.165) is 37.4 Å². The van der Waals surface area contributed by atoms with E-state index in [-0.39, 0.29) is 11.4 Å². The van der Waals surface area contributed by atoms with Crippen molar-refractivity contribution in [3.05, 3.63) is 0 Å². The maximum atomic E-state index is 12.0. The Morgan fingerprint density at radius 1 is 1.42 bits per heavy atom. The van der Waals surface area contributed by atoms with Crippen LogP contribution in [0.5, 0.6) is 0 Å². The molecule has 1 amide bonds. The summed E-state index contributed by atoms with van der Waals surface area (Å²) < 4.78 is 0. The van der Waals surface area contributed by atoms with Crippen LogP contribution in [0.3, 0.4) is 0 Å². The van der Waals surface area contributed by atoms with Gasteiger partial charge < -0.3 is 11.1 Å². The monoisotopic (exact) mass is 284 g/mol. The van der Waals surface area contributed by atoms with Crippen molar-refractivity contribution in [3.8, 4) is 0 Å². The molecule has 0 radical (unpaired) electrons. The van der Waals surface area contributed by atoms with Crippen LogP contribution in [-0.2, 0) is 4.79 Å². The zero-order valence-corrected chi connectivity index (χ0v) is 13.1. The van der Waals surface area contributed by atoms with E-state index in [0.29, 0.717) is 12.0 Å². The Morgan fingerprint density at radius 3 is 2.74 bits per heavy atom. The Balaban J connectivity index is 1.87. The van der Waals surface area contributed by atoms with E-state index in [4.69, 9.17) is 5.73 Å². The first kappa shape index (κ1) is 15.2. The highest BCUT2D eigenvalue weighted by molar-refractivity contribution is 7.99. The van der Waals surface area contributed by atoms with Gasteiger partial charge >= 0.3 is 0 Å². The molecule has 2 rings (SSSR count). The van der Waals surface area contributed by atoms with Crippen LogP contribution in [0, 0.1) is 11.8 Å². The van der Waals surface area contributed by atoms with Crippen molar-refractivity contribution in [1.29, 1.82) is 0 Å². The van der Waals surface area contributed by atoms with Crippen LogP contribution < -0.4 is 11.1 Å². The zero-order valence-electron chi connectivity index (χ0n) is 12.3. The lowest BCUT2D eigenvalue weighted by molar-refractivity contribution is -0.126. The number of amides is 1. The fraction of sp³-hybridized carbons (Fsp3) is 0.933. The lowest BCUT2D eigenvalue weighted by Gasteiger charge is -2.34. The molecule has 110 valence electrons. The van der Waals surface area contributed by atoms with Crippen molar-refractivity contribution >= 4 is 17.7 Å². The molecule has 3 N–H and O–H groups in total. The molecule has 3 nitrogen and oxygen atoms in total. The molecule has 0 aliphatic heterocycles. The molecule has 2 aliphatic rings. The van der Waals surface area contributed by atoms with E-state index in [1.165, 1.54) is 18.6 Å². The van der Waals surface area contributed by atoms with Gasteiger partial charge in [-0.1, -0.05) is 20.3 Å². The molecule has 2 saturated carbocycles. The lowest BCUT2D eigenvalue weighted by Crippen LogP contribution is -2.58. The number of rotatable bonds is 8. The third kappa shape index (κ3) is 3.88. The first-order valence-corrected chi connectivity index (χ1v) is 8.85. The third-order valence-corrected chi connectivity index (χ3v) is 5.79. The van der Waals surface area contributed by atoms with Gasteiger partial charge in [-0.25, -0.2) is 0 Å². The fourth-order valence-electron chi connectivity index (χ4n) is 3.19. The molecule has 2 fully saturated rings. The Morgan fingerprint density at radius 2 is 2.16 bits per heavy atom. The molecule has 0 aromatic heterocycles. The van der Waals surface area contributed by atoms with E-state index < -0.39 is 0 Å². The van der Waals surface area contributed by atoms with Crippen LogP contribution in [0.15, 0.2) is 0 Å². The van der Waals surface area contributed by atoms with Gasteiger partial charge in [-0.3, -0.25) is 4.79 Å². The molecular weight excluding hydrogens is 256 g/mol. The molecule has 2 unspecified atom stereocenters. The van der Waals surface area contributed by atoms with E-state index in [1.54, 1.807) is 0 Å². The van der Waals surface area contributed by atoms with Crippen molar-refractivity contribution < 1.29 is 4.79 Å². The minimum atomic E-state index is -0.389. The van der Waals surface area contributed by atoms with E-state index >= 15 is 0 Å². The van der Waals surface area contributed by atoms with Crippen LogP contribution in [0.1, 0.15) is 52.4 Å². The van der Waals surface area contributed by atoms with Crippen molar-refractivity contribution in [2.45, 2.75) is 64.0 Å². The smallest absolute Gasteiger partial charge is 0.238 e. The summed E-state index contributed by atoms with van der Waals surface area (Å²) in [7, 11) is 0. The van der Waals surface area contributed by atoms with Crippen LogP contribution in [0.4, 0.5) is 0 Å². The summed E-state index contributed by atoms with van der Waals surface area (Å²) in [5.74, 6) is 3.46. The average Bonchev–Trinajstić information content (AvgIpc) is 3.04. The van der Waals surface area contributed by atoms with Gasteiger partial charge in [-0.05, 0) is 55.4 Å². The second-order valence-electron chi connectivity index (χ2n) is 6.60. The lowest BCUT2D eigenvalue weighted by atomic mass is 9.84. The van der Waals surface area contributed by atoms with Crippen molar-refractivity contribution in [2.24, 2.45) is 17.6 Å². The molecule has 0 saturated heterocycles. The molecule has 0 bridgehead atoms. The highest BCUT2D eigenvalue weighted by Crippen LogP contribution is 2.40. The van der Waals surface area contributed by atoms with Crippen LogP contribution in [-0.4, -0.2) is 29.0 Å². The van der Waals surface area contributed by atoms with Crippen LogP contribution in [0.2, 0.25) is 0 Å². The molecule has 0 aromatic carbocycles. The Labute approximate surface area is 121 Å². The van der Waals surface area contributed by atoms with Gasteiger partial charge in [0.15, 0.2) is 0 Å². The van der Waals surface area contributed by atoms with Crippen LogP contribution in [0.25, 0.3) is 0 Å². The van der Waals surface area contributed by atoms with Gasteiger partial charge in [-0.15, -0.1) is 0 Å². The number of thioether (sulfide) groups is 1. The van der Waals surface area contributed by atoms with Gasteiger partial charge in [0.05, 0.1) is 0 Å². The quantitative estimate of drug-likeness (QED) is 0.674. The fourth-order valence-corrected chi connectivity index (χ4v) is 4.28. The molecular formula is C15H28N2OS. The first-order chi connectivity index (χ1) is 9.04. The molecule has 19 heavy (non-hydrogen) atoms. The number of carbonyl (C=O) groups excluding carboxylic acids is 1. The predicted molar refractivity (Wildman–Crippen MR) is 82.2 cm³/mol. The third-order valence-electron chi connectivity index (χ3n) is 4.36. The molecule has 2 atom stereocenters. The van der Waals surface area contributed by atoms with Crippen LogP contribution >= 0.6 is 11.8 Å². The first-order valence-electron chi connectivity index (χ1n) is 7.70. The number of hydrogen-bond acceptors (Lipinski definition) is 3. The van der Waals surface area contributed by atoms with Gasteiger partial charge in [0, 0.05) is 6.04 Å². The number of primary amides is 1. The SMILES string of the molecule is CC(C)CSCCC1CCCC1(NC1CC1)C(N)=O. The second kappa shape index (κ2) is 6.49. The van der Waals surface area contributed by atoms with E-state index in [9.17, 15) is 4.79 Å². The van der Waals surface area contributed by atoms with Gasteiger partial charge in [0.25, 0.3) is 0 Å². The minimum absolute atomic E-state index is 0.115. The Kier molecular flexibility index (Phi) is 5.18. The Hall–Kier alpha value is -0.220. The standard InChI is InChI=1S/C15H28N2OS/c1-11(2)10-19-9-7-12-4-3-8-15(12,14(16)18)17-13-5-6-13/h11-13,17H,3-10H2,1-2H3,(H2,16,18). The van der Waals surface area contributed by atoms with Crippen molar-refractivity contribution in [3.63, 3.8) is 0 Å². The molecule has 4 heteroatoms. The molecule has 0 aromatic rings. The van der Waals surface area contributed by atoms with E-state index in [1.807, 2.05) is 11.8 Å². The zero-order chi connectivity index (χ0) is 13.9. The topological polar surface area (TPSA) is 55.1 Å². The van der Waals surface area contributed by atoms with Gasteiger partial charge in [0.1, 0.15) is 5.54 Å². The maximum Gasteiger partial charge on any atom is 0.238 e. The minimum Gasteiger partial charge on any atom is -0.368 e. The summed E-state index contributed by atoms with van der Waals surface area (Å²) in [5.41, 5.74) is 5.35. The highest BCUT2D eigenvalue weighted by Gasteiger charge is 2.49. The summed E-state index contributed by atoms with van der Waals surface area (Å²) in [6.07, 6.45) is 6.79. The number of nitrogens with two attached hydrogens (primary N) is 1.